The summed E-state index contributed by atoms with van der Waals surface area (Å²) in [6.07, 6.45) is 0. The van der Waals surface area contributed by atoms with Gasteiger partial charge in [0.2, 0.25) is 0 Å². The van der Waals surface area contributed by atoms with Crippen molar-refractivity contribution in [1.29, 1.82) is 0 Å². The Balaban J connectivity index is 1.88. The van der Waals surface area contributed by atoms with Crippen molar-refractivity contribution >= 4 is 17.2 Å². The molecule has 2 heterocycles. The third-order valence-electron chi connectivity index (χ3n) is 3.84. The van der Waals surface area contributed by atoms with Gasteiger partial charge >= 0.3 is 0 Å². The topological polar surface area (TPSA) is 46.9 Å². The van der Waals surface area contributed by atoms with Gasteiger partial charge in [-0.1, -0.05) is 24.3 Å². The monoisotopic (exact) mass is 325 g/mol. The molecule has 3 rings (SSSR count). The number of amides is 1. The summed E-state index contributed by atoms with van der Waals surface area (Å²) in [7, 11) is 0. The van der Waals surface area contributed by atoms with Crippen molar-refractivity contribution in [3.05, 3.63) is 69.7 Å². The van der Waals surface area contributed by atoms with Gasteiger partial charge < -0.3 is 5.32 Å². The van der Waals surface area contributed by atoms with E-state index in [1.165, 1.54) is 0 Å². The predicted molar refractivity (Wildman–Crippen MR) is 93.2 cm³/mol. The lowest BCUT2D eigenvalue weighted by Crippen LogP contribution is -2.27. The Kier molecular flexibility index (Phi) is 4.30. The standard InChI is InChI=1S/C18H19N3OS/c1-12(16-10-7-11-23-16)19-18(22)17-13(2)20-21(14(17)3)15-8-5-4-6-9-15/h4-12H,1-3H3,(H,19,22)/t12-/m0/s1. The number of aryl methyl sites for hydroxylation is 1. The lowest BCUT2D eigenvalue weighted by atomic mass is 10.1. The van der Waals surface area contributed by atoms with Gasteiger partial charge in [0, 0.05) is 4.88 Å². The van der Waals surface area contributed by atoms with E-state index in [0.29, 0.717) is 5.56 Å². The van der Waals surface area contributed by atoms with Gasteiger partial charge in [-0.25, -0.2) is 4.68 Å². The van der Waals surface area contributed by atoms with Crippen molar-refractivity contribution in [3.63, 3.8) is 0 Å². The molecule has 5 heteroatoms. The molecule has 1 aromatic carbocycles. The Morgan fingerprint density at radius 1 is 1.17 bits per heavy atom. The fourth-order valence-electron chi connectivity index (χ4n) is 2.67. The molecule has 1 amide bonds. The van der Waals surface area contributed by atoms with Gasteiger partial charge in [-0.3, -0.25) is 4.79 Å². The maximum absolute atomic E-state index is 12.7. The molecule has 0 saturated heterocycles. The van der Waals surface area contributed by atoms with Crippen LogP contribution < -0.4 is 5.32 Å². The number of carbonyl (C=O) groups is 1. The van der Waals surface area contributed by atoms with Crippen LogP contribution in [0, 0.1) is 13.8 Å². The molecule has 0 aliphatic carbocycles. The average Bonchev–Trinajstić information content (AvgIpc) is 3.16. The molecular formula is C18H19N3OS. The molecule has 0 saturated carbocycles. The van der Waals surface area contributed by atoms with Crippen molar-refractivity contribution in [3.8, 4) is 5.69 Å². The minimum absolute atomic E-state index is 0.0126. The molecule has 0 fully saturated rings. The predicted octanol–water partition coefficient (Wildman–Crippen LogP) is 4.04. The minimum atomic E-state index is -0.0805. The highest BCUT2D eigenvalue weighted by molar-refractivity contribution is 7.10. The van der Waals surface area contributed by atoms with Crippen molar-refractivity contribution in [2.24, 2.45) is 0 Å². The highest BCUT2D eigenvalue weighted by atomic mass is 32.1. The van der Waals surface area contributed by atoms with E-state index in [2.05, 4.69) is 10.4 Å². The van der Waals surface area contributed by atoms with E-state index in [0.717, 1.165) is 22.0 Å². The maximum Gasteiger partial charge on any atom is 0.255 e. The first kappa shape index (κ1) is 15.5. The fourth-order valence-corrected chi connectivity index (χ4v) is 3.40. The number of rotatable bonds is 4. The van der Waals surface area contributed by atoms with Crippen LogP contribution >= 0.6 is 11.3 Å². The molecule has 0 aliphatic rings. The number of nitrogens with one attached hydrogen (secondary N) is 1. The molecule has 0 aliphatic heterocycles. The number of thiophene rings is 1. The summed E-state index contributed by atoms with van der Waals surface area (Å²) in [5, 5.41) is 9.61. The van der Waals surface area contributed by atoms with Crippen molar-refractivity contribution < 1.29 is 4.79 Å². The molecule has 0 spiro atoms. The highest BCUT2D eigenvalue weighted by Gasteiger charge is 2.21. The van der Waals surface area contributed by atoms with E-state index in [1.807, 2.05) is 73.3 Å². The molecule has 0 radical (unpaired) electrons. The van der Waals surface area contributed by atoms with Crippen LogP contribution in [0.4, 0.5) is 0 Å². The third kappa shape index (κ3) is 3.05. The zero-order valence-electron chi connectivity index (χ0n) is 13.4. The summed E-state index contributed by atoms with van der Waals surface area (Å²) in [4.78, 5) is 13.8. The van der Waals surface area contributed by atoms with Gasteiger partial charge in [-0.2, -0.15) is 5.10 Å². The van der Waals surface area contributed by atoms with E-state index in [1.54, 1.807) is 11.3 Å². The normalized spacial score (nSPS) is 12.1. The van der Waals surface area contributed by atoms with Gasteiger partial charge in [0.1, 0.15) is 0 Å². The quantitative estimate of drug-likeness (QED) is 0.787. The zero-order valence-corrected chi connectivity index (χ0v) is 14.2. The van der Waals surface area contributed by atoms with E-state index in [9.17, 15) is 4.79 Å². The number of carbonyl (C=O) groups excluding carboxylic acids is 1. The lowest BCUT2D eigenvalue weighted by Gasteiger charge is -2.12. The molecular weight excluding hydrogens is 306 g/mol. The van der Waals surface area contributed by atoms with Crippen LogP contribution in [0.1, 0.15) is 39.6 Å². The molecule has 118 valence electrons. The SMILES string of the molecule is Cc1nn(-c2ccccc2)c(C)c1C(=O)N[C@@H](C)c1cccs1. The Hall–Kier alpha value is -2.40. The first-order valence-corrected chi connectivity index (χ1v) is 8.42. The summed E-state index contributed by atoms with van der Waals surface area (Å²) in [6.45, 7) is 5.80. The van der Waals surface area contributed by atoms with Crippen LogP contribution in [0.2, 0.25) is 0 Å². The molecule has 2 aromatic heterocycles. The molecule has 0 bridgehead atoms. The van der Waals surface area contributed by atoms with Crippen LogP contribution in [0.25, 0.3) is 5.69 Å². The van der Waals surface area contributed by atoms with E-state index >= 15 is 0 Å². The van der Waals surface area contributed by atoms with Crippen LogP contribution in [0.5, 0.6) is 0 Å². The second-order valence-electron chi connectivity index (χ2n) is 5.50. The fraction of sp³-hybridized carbons (Fsp3) is 0.222. The van der Waals surface area contributed by atoms with Crippen LogP contribution in [-0.4, -0.2) is 15.7 Å². The zero-order chi connectivity index (χ0) is 16.4. The second-order valence-corrected chi connectivity index (χ2v) is 6.48. The van der Waals surface area contributed by atoms with Crippen molar-refractivity contribution in [1.82, 2.24) is 15.1 Å². The number of hydrogen-bond acceptors (Lipinski definition) is 3. The van der Waals surface area contributed by atoms with Crippen molar-refractivity contribution in [2.45, 2.75) is 26.8 Å². The first-order valence-electron chi connectivity index (χ1n) is 7.54. The van der Waals surface area contributed by atoms with E-state index in [4.69, 9.17) is 0 Å². The van der Waals surface area contributed by atoms with Gasteiger partial charge in [-0.15, -0.1) is 11.3 Å². The van der Waals surface area contributed by atoms with Gasteiger partial charge in [0.05, 0.1) is 28.7 Å². The summed E-state index contributed by atoms with van der Waals surface area (Å²) >= 11 is 1.64. The summed E-state index contributed by atoms with van der Waals surface area (Å²) in [6, 6.07) is 13.9. The van der Waals surface area contributed by atoms with Crippen molar-refractivity contribution in [2.75, 3.05) is 0 Å². The first-order chi connectivity index (χ1) is 11.1. The van der Waals surface area contributed by atoms with Gasteiger partial charge in [0.25, 0.3) is 5.91 Å². The Morgan fingerprint density at radius 3 is 2.57 bits per heavy atom. The summed E-state index contributed by atoms with van der Waals surface area (Å²) in [5.41, 5.74) is 3.20. The molecule has 4 nitrogen and oxygen atoms in total. The van der Waals surface area contributed by atoms with Gasteiger partial charge in [0.15, 0.2) is 0 Å². The largest absolute Gasteiger partial charge is 0.345 e. The molecule has 23 heavy (non-hydrogen) atoms. The van der Waals surface area contributed by atoms with Crippen LogP contribution in [-0.2, 0) is 0 Å². The molecule has 1 atom stereocenters. The number of aromatic nitrogens is 2. The molecule has 1 N–H and O–H groups in total. The number of nitrogens with zero attached hydrogens (tertiary/aromatic N) is 2. The lowest BCUT2D eigenvalue weighted by molar-refractivity contribution is 0.0939. The van der Waals surface area contributed by atoms with Crippen LogP contribution in [0.3, 0.4) is 0 Å². The third-order valence-corrected chi connectivity index (χ3v) is 4.89. The Morgan fingerprint density at radius 2 is 1.91 bits per heavy atom. The number of para-hydroxylation sites is 1. The number of hydrogen-bond donors (Lipinski definition) is 1. The van der Waals surface area contributed by atoms with Gasteiger partial charge in [-0.05, 0) is 44.4 Å². The summed E-state index contributed by atoms with van der Waals surface area (Å²) < 4.78 is 1.82. The van der Waals surface area contributed by atoms with E-state index in [-0.39, 0.29) is 11.9 Å². The molecule has 0 unspecified atom stereocenters. The average molecular weight is 325 g/mol. The highest BCUT2D eigenvalue weighted by Crippen LogP contribution is 2.21. The summed E-state index contributed by atoms with van der Waals surface area (Å²) in [5.74, 6) is -0.0805. The maximum atomic E-state index is 12.7. The Bertz CT molecular complexity index is 806. The molecule has 3 aromatic rings. The van der Waals surface area contributed by atoms with E-state index < -0.39 is 0 Å². The number of benzene rings is 1. The second kappa shape index (κ2) is 6.38. The minimum Gasteiger partial charge on any atom is -0.345 e. The smallest absolute Gasteiger partial charge is 0.255 e. The Labute approximate surface area is 139 Å². The van der Waals surface area contributed by atoms with Crippen LogP contribution in [0.15, 0.2) is 47.8 Å².